The first-order valence-corrected chi connectivity index (χ1v) is 13.8. The summed E-state index contributed by atoms with van der Waals surface area (Å²) in [5.41, 5.74) is 1.89. The minimum Gasteiger partial charge on any atom is -0.486 e. The number of hydrogen-bond donors (Lipinski definition) is 0. The van der Waals surface area contributed by atoms with Crippen molar-refractivity contribution in [1.29, 1.82) is 0 Å². The van der Waals surface area contributed by atoms with Crippen molar-refractivity contribution in [2.75, 3.05) is 0 Å². The molecule has 36 heavy (non-hydrogen) atoms. The maximum Gasteiger partial charge on any atom is 0.282 e. The third kappa shape index (κ3) is 6.32. The van der Waals surface area contributed by atoms with Gasteiger partial charge in [-0.2, -0.15) is 9.78 Å². The molecule has 1 aromatic heterocycles. The lowest BCUT2D eigenvalue weighted by Crippen LogP contribution is -2.22. The summed E-state index contributed by atoms with van der Waals surface area (Å²) in [4.78, 5) is 18.0. The van der Waals surface area contributed by atoms with Crippen LogP contribution in [0.25, 0.3) is 10.9 Å². The van der Waals surface area contributed by atoms with E-state index in [0.29, 0.717) is 54.0 Å². The second kappa shape index (κ2) is 12.1. The zero-order valence-electron chi connectivity index (χ0n) is 19.1. The van der Waals surface area contributed by atoms with Crippen LogP contribution in [0.2, 0.25) is 15.1 Å². The van der Waals surface area contributed by atoms with Gasteiger partial charge in [-0.25, -0.2) is 4.98 Å². The molecule has 4 aromatic rings. The minimum absolute atomic E-state index is 0.219. The SMILES string of the molecule is CCCCc1nc2ccc(Br)cc2c(=O)n1N=Cc1cc(Cl)c(OCc2ccc(Cl)cc2Cl)c(Br)c1. The van der Waals surface area contributed by atoms with Crippen molar-refractivity contribution >= 4 is 83.8 Å². The molecule has 10 heteroatoms. The van der Waals surface area contributed by atoms with E-state index in [1.165, 1.54) is 4.68 Å². The number of ether oxygens (including phenoxy) is 1. The highest BCUT2D eigenvalue weighted by Gasteiger charge is 2.13. The lowest BCUT2D eigenvalue weighted by Gasteiger charge is -2.12. The maximum atomic E-state index is 13.3. The molecular weight excluding hydrogens is 652 g/mol. The summed E-state index contributed by atoms with van der Waals surface area (Å²) in [6, 6.07) is 14.2. The Hall–Kier alpha value is -1.90. The molecule has 0 aliphatic rings. The van der Waals surface area contributed by atoms with Crippen LogP contribution in [0, 0.1) is 0 Å². The molecular formula is C26H20Br2Cl3N3O2. The fraction of sp³-hybridized carbons (Fsp3) is 0.192. The predicted octanol–water partition coefficient (Wildman–Crippen LogP) is 8.69. The van der Waals surface area contributed by atoms with Gasteiger partial charge in [0.05, 0.1) is 26.6 Å². The van der Waals surface area contributed by atoms with Crippen LogP contribution in [0.5, 0.6) is 5.75 Å². The molecule has 0 unspecified atom stereocenters. The Labute approximate surface area is 240 Å². The monoisotopic (exact) mass is 669 g/mol. The van der Waals surface area contributed by atoms with E-state index in [2.05, 4.69) is 43.9 Å². The Morgan fingerprint density at radius 3 is 2.58 bits per heavy atom. The summed E-state index contributed by atoms with van der Waals surface area (Å²) >= 11 is 25.7. The highest BCUT2D eigenvalue weighted by Crippen LogP contribution is 2.35. The van der Waals surface area contributed by atoms with Crippen LogP contribution in [-0.4, -0.2) is 15.9 Å². The fourth-order valence-electron chi connectivity index (χ4n) is 3.52. The quantitative estimate of drug-likeness (QED) is 0.176. The van der Waals surface area contributed by atoms with Gasteiger partial charge in [-0.3, -0.25) is 4.79 Å². The largest absolute Gasteiger partial charge is 0.486 e. The number of benzene rings is 3. The van der Waals surface area contributed by atoms with Crippen LogP contribution >= 0.6 is 66.7 Å². The van der Waals surface area contributed by atoms with Gasteiger partial charge in [-0.05, 0) is 70.4 Å². The first-order chi connectivity index (χ1) is 17.3. The van der Waals surface area contributed by atoms with E-state index in [0.717, 1.165) is 22.9 Å². The number of nitrogens with zero attached hydrogens (tertiary/aromatic N) is 3. The minimum atomic E-state index is -0.228. The van der Waals surface area contributed by atoms with E-state index >= 15 is 0 Å². The topological polar surface area (TPSA) is 56.5 Å². The van der Waals surface area contributed by atoms with Gasteiger partial charge in [0, 0.05) is 26.5 Å². The number of rotatable bonds is 8. The third-order valence-electron chi connectivity index (χ3n) is 5.36. The van der Waals surface area contributed by atoms with E-state index in [-0.39, 0.29) is 12.2 Å². The second-order valence-electron chi connectivity index (χ2n) is 7.99. The van der Waals surface area contributed by atoms with Crippen molar-refractivity contribution in [3.8, 4) is 5.75 Å². The summed E-state index contributed by atoms with van der Waals surface area (Å²) in [5, 5.41) is 6.43. The van der Waals surface area contributed by atoms with E-state index in [4.69, 9.17) is 44.5 Å². The van der Waals surface area contributed by atoms with Gasteiger partial charge < -0.3 is 4.74 Å². The molecule has 0 radical (unpaired) electrons. The molecule has 0 atom stereocenters. The van der Waals surface area contributed by atoms with Crippen molar-refractivity contribution in [3.05, 3.63) is 99.8 Å². The molecule has 0 spiro atoms. The average molecular weight is 673 g/mol. The summed E-state index contributed by atoms with van der Waals surface area (Å²) in [7, 11) is 0. The van der Waals surface area contributed by atoms with Crippen molar-refractivity contribution in [2.24, 2.45) is 5.10 Å². The average Bonchev–Trinajstić information content (AvgIpc) is 2.83. The van der Waals surface area contributed by atoms with Crippen molar-refractivity contribution in [1.82, 2.24) is 9.66 Å². The molecule has 1 heterocycles. The third-order valence-corrected chi connectivity index (χ3v) is 7.31. The van der Waals surface area contributed by atoms with Crippen LogP contribution in [0.1, 0.15) is 36.7 Å². The smallest absolute Gasteiger partial charge is 0.282 e. The summed E-state index contributed by atoms with van der Waals surface area (Å²) in [6.45, 7) is 2.31. The molecule has 0 aliphatic carbocycles. The lowest BCUT2D eigenvalue weighted by molar-refractivity contribution is 0.304. The number of hydrogen-bond acceptors (Lipinski definition) is 4. The molecule has 0 saturated carbocycles. The second-order valence-corrected chi connectivity index (χ2v) is 11.0. The number of fused-ring (bicyclic) bond motifs is 1. The number of aryl methyl sites for hydroxylation is 1. The van der Waals surface area contributed by atoms with Crippen LogP contribution in [0.15, 0.2) is 67.4 Å². The number of halogens is 5. The number of aromatic nitrogens is 2. The molecule has 0 bridgehead atoms. The molecule has 186 valence electrons. The first-order valence-electron chi connectivity index (χ1n) is 11.1. The molecule has 5 nitrogen and oxygen atoms in total. The summed E-state index contributed by atoms with van der Waals surface area (Å²) in [6.07, 6.45) is 4.09. The van der Waals surface area contributed by atoms with Gasteiger partial charge in [-0.15, -0.1) is 0 Å². The van der Waals surface area contributed by atoms with Gasteiger partial charge in [-0.1, -0.05) is 70.1 Å². The van der Waals surface area contributed by atoms with Crippen molar-refractivity contribution in [2.45, 2.75) is 32.8 Å². The molecule has 0 fully saturated rings. The predicted molar refractivity (Wildman–Crippen MR) is 155 cm³/mol. The van der Waals surface area contributed by atoms with Crippen LogP contribution < -0.4 is 10.3 Å². The Bertz CT molecular complexity index is 1500. The van der Waals surface area contributed by atoms with E-state index < -0.39 is 0 Å². The van der Waals surface area contributed by atoms with Gasteiger partial charge in [0.2, 0.25) is 0 Å². The highest BCUT2D eigenvalue weighted by atomic mass is 79.9. The van der Waals surface area contributed by atoms with Crippen molar-refractivity contribution in [3.63, 3.8) is 0 Å². The lowest BCUT2D eigenvalue weighted by atomic mass is 10.2. The Morgan fingerprint density at radius 2 is 1.86 bits per heavy atom. The van der Waals surface area contributed by atoms with Crippen LogP contribution in [0.3, 0.4) is 0 Å². The molecule has 0 aliphatic heterocycles. The van der Waals surface area contributed by atoms with Gasteiger partial charge >= 0.3 is 0 Å². The Balaban J connectivity index is 1.64. The normalized spacial score (nSPS) is 11.5. The fourth-order valence-corrected chi connectivity index (χ4v) is 5.33. The molecule has 0 amide bonds. The van der Waals surface area contributed by atoms with Crippen LogP contribution in [-0.2, 0) is 13.0 Å². The zero-order valence-corrected chi connectivity index (χ0v) is 24.5. The molecule has 0 N–H and O–H groups in total. The molecule has 3 aromatic carbocycles. The van der Waals surface area contributed by atoms with Crippen LogP contribution in [0.4, 0.5) is 0 Å². The van der Waals surface area contributed by atoms with Gasteiger partial charge in [0.1, 0.15) is 12.4 Å². The summed E-state index contributed by atoms with van der Waals surface area (Å²) < 4.78 is 8.72. The Morgan fingerprint density at radius 1 is 1.06 bits per heavy atom. The highest BCUT2D eigenvalue weighted by molar-refractivity contribution is 9.10. The Kier molecular flexibility index (Phi) is 9.12. The van der Waals surface area contributed by atoms with E-state index in [9.17, 15) is 4.79 Å². The van der Waals surface area contributed by atoms with E-state index in [1.807, 2.05) is 18.2 Å². The molecule has 0 saturated heterocycles. The van der Waals surface area contributed by atoms with Gasteiger partial charge in [0.25, 0.3) is 5.56 Å². The standard InChI is InChI=1S/C26H20Br2Cl3N3O2/c1-2-3-4-24-33-23-8-6-17(27)11-19(23)26(35)34(24)32-13-15-9-20(28)25(22(31)10-15)36-14-16-5-7-18(29)12-21(16)30/h5-13H,2-4,14H2,1H3. The maximum absolute atomic E-state index is 13.3. The van der Waals surface area contributed by atoms with Crippen molar-refractivity contribution < 1.29 is 4.74 Å². The van der Waals surface area contributed by atoms with Gasteiger partial charge in [0.15, 0.2) is 5.75 Å². The summed E-state index contributed by atoms with van der Waals surface area (Å²) in [5.74, 6) is 1.08. The van der Waals surface area contributed by atoms with E-state index in [1.54, 1.807) is 36.5 Å². The molecule has 4 rings (SSSR count). The zero-order chi connectivity index (χ0) is 25.8. The number of unbranched alkanes of at least 4 members (excludes halogenated alkanes) is 1. The first kappa shape index (κ1) is 27.1.